The van der Waals surface area contributed by atoms with Crippen LogP contribution in [-0.4, -0.2) is 48.2 Å². The van der Waals surface area contributed by atoms with Gasteiger partial charge in [0.2, 0.25) is 0 Å². The smallest absolute Gasteiger partial charge is 0.334 e. The summed E-state index contributed by atoms with van der Waals surface area (Å²) in [4.78, 5) is 10.8. The third kappa shape index (κ3) is 8.35. The van der Waals surface area contributed by atoms with E-state index in [1.54, 1.807) is 0 Å². The monoisotopic (exact) mass is 220 g/mol. The van der Waals surface area contributed by atoms with E-state index < -0.39 is 18.2 Å². The Kier molecular flexibility index (Phi) is 8.27. The van der Waals surface area contributed by atoms with Gasteiger partial charge in [-0.1, -0.05) is 13.3 Å². The molecule has 5 heteroatoms. The summed E-state index contributed by atoms with van der Waals surface area (Å²) in [6.07, 6.45) is -0.00410. The summed E-state index contributed by atoms with van der Waals surface area (Å²) >= 11 is 0. The minimum atomic E-state index is -1.15. The van der Waals surface area contributed by atoms with Gasteiger partial charge in [-0.15, -0.1) is 0 Å². The maximum absolute atomic E-state index is 10.8. The number of hydrogen-bond donors (Lipinski definition) is 2. The number of aliphatic hydroxyl groups is 2. The molecule has 0 saturated heterocycles. The second kappa shape index (κ2) is 8.64. The van der Waals surface area contributed by atoms with E-state index in [9.17, 15) is 9.90 Å². The Morgan fingerprint density at radius 1 is 1.33 bits per heavy atom. The third-order valence-electron chi connectivity index (χ3n) is 1.71. The predicted octanol–water partition coefficient (Wildman–Crippen LogP) is 0.0880. The zero-order valence-electron chi connectivity index (χ0n) is 9.31. The summed E-state index contributed by atoms with van der Waals surface area (Å²) in [6.45, 7) is 3.96. The highest BCUT2D eigenvalue weighted by Crippen LogP contribution is 1.94. The molecule has 2 unspecified atom stereocenters. The highest BCUT2D eigenvalue weighted by atomic mass is 16.6. The molecule has 2 N–H and O–H groups in total. The van der Waals surface area contributed by atoms with E-state index in [0.717, 1.165) is 12.8 Å². The summed E-state index contributed by atoms with van der Waals surface area (Å²) in [6, 6.07) is 0. The molecule has 0 aromatic carbocycles. The van der Waals surface area contributed by atoms with Crippen LogP contribution in [0.3, 0.4) is 0 Å². The van der Waals surface area contributed by atoms with Crippen molar-refractivity contribution < 1.29 is 24.5 Å². The molecular weight excluding hydrogens is 200 g/mol. The van der Waals surface area contributed by atoms with Gasteiger partial charge in [0.1, 0.15) is 18.8 Å². The first kappa shape index (κ1) is 14.3. The molecule has 0 aliphatic rings. The fraction of sp³-hybridized carbons (Fsp3) is 0.900. The van der Waals surface area contributed by atoms with Crippen LogP contribution in [0.1, 0.15) is 26.7 Å². The third-order valence-corrected chi connectivity index (χ3v) is 1.71. The fourth-order valence-corrected chi connectivity index (χ4v) is 0.813. The molecule has 90 valence electrons. The van der Waals surface area contributed by atoms with Gasteiger partial charge in [0, 0.05) is 6.61 Å². The SMILES string of the molecule is CCCCOCC(O)COC(=O)C(C)O. The van der Waals surface area contributed by atoms with Crippen LogP contribution in [-0.2, 0) is 14.3 Å². The Hall–Kier alpha value is -0.650. The van der Waals surface area contributed by atoms with Gasteiger partial charge in [-0.2, -0.15) is 0 Å². The predicted molar refractivity (Wildman–Crippen MR) is 54.4 cm³/mol. The first-order valence-corrected chi connectivity index (χ1v) is 5.18. The van der Waals surface area contributed by atoms with Crippen molar-refractivity contribution in [1.82, 2.24) is 0 Å². The van der Waals surface area contributed by atoms with Gasteiger partial charge < -0.3 is 19.7 Å². The summed E-state index contributed by atoms with van der Waals surface area (Å²) in [5.74, 6) is -0.734. The Bertz CT molecular complexity index is 169. The van der Waals surface area contributed by atoms with Gasteiger partial charge >= 0.3 is 5.97 Å². The molecule has 0 aromatic heterocycles. The van der Waals surface area contributed by atoms with Gasteiger partial charge in [-0.25, -0.2) is 4.79 Å². The first-order valence-electron chi connectivity index (χ1n) is 5.18. The van der Waals surface area contributed by atoms with Gasteiger partial charge in [-0.3, -0.25) is 0 Å². The molecule has 0 spiro atoms. The molecule has 0 radical (unpaired) electrons. The van der Waals surface area contributed by atoms with E-state index >= 15 is 0 Å². The average Bonchev–Trinajstić information content (AvgIpc) is 2.20. The van der Waals surface area contributed by atoms with Crippen LogP contribution in [0.2, 0.25) is 0 Å². The van der Waals surface area contributed by atoms with Gasteiger partial charge in [0.05, 0.1) is 6.61 Å². The van der Waals surface area contributed by atoms with Crippen molar-refractivity contribution in [3.63, 3.8) is 0 Å². The first-order chi connectivity index (χ1) is 7.07. The van der Waals surface area contributed by atoms with Crippen molar-refractivity contribution in [2.75, 3.05) is 19.8 Å². The van der Waals surface area contributed by atoms with E-state index in [1.807, 2.05) is 6.92 Å². The summed E-state index contributed by atoms with van der Waals surface area (Å²) < 4.78 is 9.73. The molecular formula is C10H20O5. The van der Waals surface area contributed by atoms with E-state index in [2.05, 4.69) is 4.74 Å². The molecule has 0 saturated carbocycles. The molecule has 0 bridgehead atoms. The van der Waals surface area contributed by atoms with E-state index in [-0.39, 0.29) is 13.2 Å². The van der Waals surface area contributed by atoms with E-state index in [0.29, 0.717) is 6.61 Å². The molecule has 5 nitrogen and oxygen atoms in total. The lowest BCUT2D eigenvalue weighted by Crippen LogP contribution is -2.27. The van der Waals surface area contributed by atoms with Crippen molar-refractivity contribution in [3.05, 3.63) is 0 Å². The molecule has 0 fully saturated rings. The number of carbonyl (C=O) groups is 1. The number of ether oxygens (including phenoxy) is 2. The molecule has 0 amide bonds. The second-order valence-electron chi connectivity index (χ2n) is 3.39. The summed E-state index contributed by atoms with van der Waals surface area (Å²) in [5, 5.41) is 18.1. The average molecular weight is 220 g/mol. The van der Waals surface area contributed by atoms with Gasteiger partial charge in [0.15, 0.2) is 0 Å². The van der Waals surface area contributed by atoms with Crippen molar-refractivity contribution in [3.8, 4) is 0 Å². The van der Waals surface area contributed by atoms with E-state index in [4.69, 9.17) is 9.84 Å². The van der Waals surface area contributed by atoms with Crippen molar-refractivity contribution in [2.24, 2.45) is 0 Å². The van der Waals surface area contributed by atoms with Crippen molar-refractivity contribution >= 4 is 5.97 Å². The molecule has 0 rings (SSSR count). The lowest BCUT2D eigenvalue weighted by Gasteiger charge is -2.12. The number of aliphatic hydroxyl groups excluding tert-OH is 2. The number of rotatable bonds is 8. The Labute approximate surface area is 90.0 Å². The van der Waals surface area contributed by atoms with Crippen LogP contribution >= 0.6 is 0 Å². The lowest BCUT2D eigenvalue weighted by molar-refractivity contribution is -0.156. The van der Waals surface area contributed by atoms with Crippen LogP contribution in [0.15, 0.2) is 0 Å². The number of unbranched alkanes of at least 4 members (excludes halogenated alkanes) is 1. The quantitative estimate of drug-likeness (QED) is 0.448. The number of hydrogen-bond acceptors (Lipinski definition) is 5. The van der Waals surface area contributed by atoms with Gasteiger partial charge in [-0.05, 0) is 13.3 Å². The Balaban J connectivity index is 3.40. The molecule has 0 aliphatic heterocycles. The maximum Gasteiger partial charge on any atom is 0.334 e. The minimum absolute atomic E-state index is 0.143. The lowest BCUT2D eigenvalue weighted by atomic mass is 10.3. The summed E-state index contributed by atoms with van der Waals surface area (Å²) in [5.41, 5.74) is 0. The van der Waals surface area contributed by atoms with E-state index in [1.165, 1.54) is 6.92 Å². The highest BCUT2D eigenvalue weighted by Gasteiger charge is 2.13. The molecule has 2 atom stereocenters. The largest absolute Gasteiger partial charge is 0.461 e. The normalized spacial score (nSPS) is 14.7. The standard InChI is InChI=1S/C10H20O5/c1-3-4-5-14-6-9(12)7-15-10(13)8(2)11/h8-9,11-12H,3-7H2,1-2H3. The minimum Gasteiger partial charge on any atom is -0.461 e. The fourth-order valence-electron chi connectivity index (χ4n) is 0.813. The van der Waals surface area contributed by atoms with Crippen LogP contribution in [0.4, 0.5) is 0 Å². The molecule has 0 aromatic rings. The van der Waals surface area contributed by atoms with Crippen LogP contribution in [0, 0.1) is 0 Å². The van der Waals surface area contributed by atoms with Crippen molar-refractivity contribution in [2.45, 2.75) is 38.9 Å². The zero-order chi connectivity index (χ0) is 11.7. The topological polar surface area (TPSA) is 76.0 Å². The van der Waals surface area contributed by atoms with Crippen LogP contribution < -0.4 is 0 Å². The molecule has 0 heterocycles. The zero-order valence-corrected chi connectivity index (χ0v) is 9.31. The molecule has 0 aliphatic carbocycles. The van der Waals surface area contributed by atoms with Crippen LogP contribution in [0.25, 0.3) is 0 Å². The molecule has 15 heavy (non-hydrogen) atoms. The second-order valence-corrected chi connectivity index (χ2v) is 3.39. The Morgan fingerprint density at radius 2 is 2.00 bits per heavy atom. The van der Waals surface area contributed by atoms with Crippen LogP contribution in [0.5, 0.6) is 0 Å². The number of carbonyl (C=O) groups excluding carboxylic acids is 1. The number of esters is 1. The maximum atomic E-state index is 10.8. The summed E-state index contributed by atoms with van der Waals surface area (Å²) in [7, 11) is 0. The highest BCUT2D eigenvalue weighted by molar-refractivity contribution is 5.73. The Morgan fingerprint density at radius 3 is 2.53 bits per heavy atom. The van der Waals surface area contributed by atoms with Gasteiger partial charge in [0.25, 0.3) is 0 Å². The van der Waals surface area contributed by atoms with Crippen molar-refractivity contribution in [1.29, 1.82) is 0 Å².